The molecular weight excluding hydrogens is 288 g/mol. The van der Waals surface area contributed by atoms with Gasteiger partial charge in [-0.1, -0.05) is 13.0 Å². The lowest BCUT2D eigenvalue weighted by Crippen LogP contribution is -2.09. The van der Waals surface area contributed by atoms with Crippen LogP contribution in [0.25, 0.3) is 11.5 Å². The summed E-state index contributed by atoms with van der Waals surface area (Å²) in [5.74, 6) is 2.05. The Bertz CT molecular complexity index is 620. The maximum absolute atomic E-state index is 5.42. The van der Waals surface area contributed by atoms with E-state index < -0.39 is 0 Å². The van der Waals surface area contributed by atoms with E-state index in [2.05, 4.69) is 38.4 Å². The van der Waals surface area contributed by atoms with E-state index in [1.54, 1.807) is 6.20 Å². The molecule has 2 heterocycles. The fraction of sp³-hybridized carbons (Fsp3) is 0.500. The van der Waals surface area contributed by atoms with Gasteiger partial charge < -0.3 is 0 Å². The number of H-pyrrole nitrogens is 1. The van der Waals surface area contributed by atoms with Gasteiger partial charge in [-0.2, -0.15) is 16.9 Å². The largest absolute Gasteiger partial charge is 0.296 e. The lowest BCUT2D eigenvalue weighted by Gasteiger charge is -2.14. The van der Waals surface area contributed by atoms with Crippen molar-refractivity contribution in [1.82, 2.24) is 19.7 Å². The molecule has 1 aliphatic carbocycles. The number of thioether (sulfide) groups is 1. The Balaban J connectivity index is 1.91. The van der Waals surface area contributed by atoms with Gasteiger partial charge >= 0.3 is 0 Å². The molecule has 0 spiro atoms. The number of hydrogen-bond acceptors (Lipinski definition) is 4. The SMILES string of the molecule is CCSC1CCC(n2c(-c3ccccn3)n[nH]c2=S)C1. The Morgan fingerprint density at radius 2 is 2.35 bits per heavy atom. The molecule has 1 saturated carbocycles. The van der Waals surface area contributed by atoms with Crippen LogP contribution in [-0.4, -0.2) is 30.8 Å². The lowest BCUT2D eigenvalue weighted by molar-refractivity contribution is 0.517. The molecule has 0 aromatic carbocycles. The fourth-order valence-corrected chi connectivity index (χ4v) is 4.27. The minimum Gasteiger partial charge on any atom is -0.296 e. The van der Waals surface area contributed by atoms with Crippen LogP contribution in [0.4, 0.5) is 0 Å². The molecule has 0 saturated heterocycles. The number of nitrogens with zero attached hydrogens (tertiary/aromatic N) is 3. The summed E-state index contributed by atoms with van der Waals surface area (Å²) in [6.45, 7) is 2.22. The molecule has 2 aromatic heterocycles. The molecule has 20 heavy (non-hydrogen) atoms. The zero-order chi connectivity index (χ0) is 13.9. The van der Waals surface area contributed by atoms with E-state index in [1.807, 2.05) is 18.2 Å². The standard InChI is InChI=1S/C14H18N4S2/c1-2-20-11-7-6-10(9-11)18-13(16-17-14(18)19)12-5-3-4-8-15-12/h3-5,8,10-11H,2,6-7,9H2,1H3,(H,17,19). The van der Waals surface area contributed by atoms with Gasteiger partial charge in [-0.05, 0) is 49.4 Å². The van der Waals surface area contributed by atoms with E-state index in [0.29, 0.717) is 10.8 Å². The third-order valence-electron chi connectivity index (χ3n) is 3.72. The average Bonchev–Trinajstić information content (AvgIpc) is 3.07. The van der Waals surface area contributed by atoms with Crippen LogP contribution in [0.2, 0.25) is 0 Å². The summed E-state index contributed by atoms with van der Waals surface area (Å²) in [5.41, 5.74) is 0.881. The second kappa shape index (κ2) is 6.10. The summed E-state index contributed by atoms with van der Waals surface area (Å²) in [7, 11) is 0. The molecule has 1 aliphatic rings. The van der Waals surface area contributed by atoms with E-state index in [9.17, 15) is 0 Å². The maximum atomic E-state index is 5.42. The monoisotopic (exact) mass is 306 g/mol. The zero-order valence-electron chi connectivity index (χ0n) is 11.5. The van der Waals surface area contributed by atoms with Crippen molar-refractivity contribution in [3.8, 4) is 11.5 Å². The van der Waals surface area contributed by atoms with Gasteiger partial charge in [-0.15, -0.1) is 0 Å². The van der Waals surface area contributed by atoms with Crippen LogP contribution < -0.4 is 0 Å². The third kappa shape index (κ3) is 2.67. The van der Waals surface area contributed by atoms with Crippen molar-refractivity contribution in [1.29, 1.82) is 0 Å². The van der Waals surface area contributed by atoms with Gasteiger partial charge in [0.15, 0.2) is 10.6 Å². The topological polar surface area (TPSA) is 46.5 Å². The Morgan fingerprint density at radius 3 is 3.10 bits per heavy atom. The van der Waals surface area contributed by atoms with Crippen LogP contribution in [-0.2, 0) is 0 Å². The summed E-state index contributed by atoms with van der Waals surface area (Å²) >= 11 is 7.48. The molecular formula is C14H18N4S2. The minimum atomic E-state index is 0.447. The minimum absolute atomic E-state index is 0.447. The summed E-state index contributed by atoms with van der Waals surface area (Å²) in [6, 6.07) is 6.32. The molecule has 1 fully saturated rings. The first kappa shape index (κ1) is 13.8. The second-order valence-corrected chi connectivity index (χ2v) is 6.95. The van der Waals surface area contributed by atoms with Crippen molar-refractivity contribution < 1.29 is 0 Å². The smallest absolute Gasteiger partial charge is 0.195 e. The summed E-state index contributed by atoms with van der Waals surface area (Å²) in [4.78, 5) is 4.39. The maximum Gasteiger partial charge on any atom is 0.195 e. The van der Waals surface area contributed by atoms with Crippen LogP contribution in [0, 0.1) is 4.77 Å². The van der Waals surface area contributed by atoms with Gasteiger partial charge in [0.2, 0.25) is 0 Å². The molecule has 106 valence electrons. The van der Waals surface area contributed by atoms with E-state index in [0.717, 1.165) is 16.8 Å². The van der Waals surface area contributed by atoms with Crippen molar-refractivity contribution in [2.75, 3.05) is 5.75 Å². The highest BCUT2D eigenvalue weighted by molar-refractivity contribution is 7.99. The first-order valence-corrected chi connectivity index (χ1v) is 8.45. The molecule has 0 bridgehead atoms. The van der Waals surface area contributed by atoms with E-state index >= 15 is 0 Å². The van der Waals surface area contributed by atoms with Crippen LogP contribution >= 0.6 is 24.0 Å². The van der Waals surface area contributed by atoms with Crippen molar-refractivity contribution in [2.45, 2.75) is 37.5 Å². The molecule has 6 heteroatoms. The van der Waals surface area contributed by atoms with Gasteiger partial charge in [-0.25, -0.2) is 0 Å². The number of nitrogens with one attached hydrogen (secondary N) is 1. The molecule has 3 rings (SSSR count). The van der Waals surface area contributed by atoms with Crippen molar-refractivity contribution >= 4 is 24.0 Å². The highest BCUT2D eigenvalue weighted by atomic mass is 32.2. The second-order valence-electron chi connectivity index (χ2n) is 4.98. The zero-order valence-corrected chi connectivity index (χ0v) is 13.1. The predicted octanol–water partition coefficient (Wildman–Crippen LogP) is 3.85. The lowest BCUT2D eigenvalue weighted by atomic mass is 10.2. The molecule has 1 N–H and O–H groups in total. The summed E-state index contributed by atoms with van der Waals surface area (Å²) in [5, 5.41) is 8.05. The van der Waals surface area contributed by atoms with Crippen molar-refractivity contribution in [3.05, 3.63) is 29.2 Å². The van der Waals surface area contributed by atoms with Gasteiger partial charge in [-0.3, -0.25) is 14.6 Å². The quantitative estimate of drug-likeness (QED) is 0.872. The first-order chi connectivity index (χ1) is 9.79. The number of rotatable bonds is 4. The number of aromatic nitrogens is 4. The molecule has 2 aromatic rings. The summed E-state index contributed by atoms with van der Waals surface area (Å²) < 4.78 is 2.87. The Hall–Kier alpha value is -1.14. The Morgan fingerprint density at radius 1 is 1.45 bits per heavy atom. The van der Waals surface area contributed by atoms with Gasteiger partial charge in [0, 0.05) is 17.5 Å². The Labute approximate surface area is 128 Å². The number of pyridine rings is 1. The van der Waals surface area contributed by atoms with Crippen LogP contribution in [0.5, 0.6) is 0 Å². The van der Waals surface area contributed by atoms with Crippen LogP contribution in [0.3, 0.4) is 0 Å². The van der Waals surface area contributed by atoms with E-state index in [-0.39, 0.29) is 0 Å². The summed E-state index contributed by atoms with van der Waals surface area (Å²) in [6.07, 6.45) is 5.40. The highest BCUT2D eigenvalue weighted by Crippen LogP contribution is 2.38. The van der Waals surface area contributed by atoms with Gasteiger partial charge in [0.25, 0.3) is 0 Å². The molecule has 0 amide bonds. The molecule has 0 radical (unpaired) electrons. The van der Waals surface area contributed by atoms with Gasteiger partial charge in [0.1, 0.15) is 5.69 Å². The van der Waals surface area contributed by atoms with Crippen LogP contribution in [0.1, 0.15) is 32.2 Å². The molecule has 0 aliphatic heterocycles. The molecule has 2 unspecified atom stereocenters. The fourth-order valence-electron chi connectivity index (χ4n) is 2.86. The van der Waals surface area contributed by atoms with E-state index in [1.165, 1.54) is 25.0 Å². The van der Waals surface area contributed by atoms with Crippen molar-refractivity contribution in [3.63, 3.8) is 0 Å². The first-order valence-electron chi connectivity index (χ1n) is 6.99. The van der Waals surface area contributed by atoms with E-state index in [4.69, 9.17) is 12.2 Å². The highest BCUT2D eigenvalue weighted by Gasteiger charge is 2.28. The average molecular weight is 306 g/mol. The normalized spacial score (nSPS) is 22.2. The number of aromatic amines is 1. The number of hydrogen-bond donors (Lipinski definition) is 1. The van der Waals surface area contributed by atoms with Gasteiger partial charge in [0.05, 0.1) is 0 Å². The third-order valence-corrected chi connectivity index (χ3v) is 5.24. The van der Waals surface area contributed by atoms with Crippen LogP contribution in [0.15, 0.2) is 24.4 Å². The molecule has 4 nitrogen and oxygen atoms in total. The molecule has 2 atom stereocenters. The predicted molar refractivity (Wildman–Crippen MR) is 85.5 cm³/mol. The Kier molecular flexibility index (Phi) is 4.21. The van der Waals surface area contributed by atoms with Crippen molar-refractivity contribution in [2.24, 2.45) is 0 Å².